The molecule has 1 fully saturated rings. The van der Waals surface area contributed by atoms with E-state index >= 15 is 0 Å². The van der Waals surface area contributed by atoms with E-state index < -0.39 is 15.8 Å². The molecular formula is C11H20O4S. The van der Waals surface area contributed by atoms with E-state index in [1.807, 2.05) is 6.92 Å². The predicted molar refractivity (Wildman–Crippen MR) is 62.0 cm³/mol. The SMILES string of the molecule is CC1CC(S(=O)(=O)C(C)C)CCC1C(=O)O. The molecule has 4 nitrogen and oxygen atoms in total. The molecule has 16 heavy (non-hydrogen) atoms. The van der Waals surface area contributed by atoms with Gasteiger partial charge in [0, 0.05) is 0 Å². The van der Waals surface area contributed by atoms with Crippen molar-refractivity contribution in [3.63, 3.8) is 0 Å². The van der Waals surface area contributed by atoms with Crippen molar-refractivity contribution in [2.45, 2.75) is 50.5 Å². The topological polar surface area (TPSA) is 71.4 Å². The fourth-order valence-electron chi connectivity index (χ4n) is 2.40. The molecule has 94 valence electrons. The Bertz CT molecular complexity index is 358. The van der Waals surface area contributed by atoms with Crippen LogP contribution in [0, 0.1) is 11.8 Å². The van der Waals surface area contributed by atoms with Crippen LogP contribution in [0.2, 0.25) is 0 Å². The van der Waals surface area contributed by atoms with Gasteiger partial charge in [0.05, 0.1) is 16.4 Å². The number of sulfone groups is 1. The summed E-state index contributed by atoms with van der Waals surface area (Å²) in [6.07, 6.45) is 1.45. The second-order valence-electron chi connectivity index (χ2n) is 4.99. The summed E-state index contributed by atoms with van der Waals surface area (Å²) in [5, 5.41) is 8.24. The molecule has 3 atom stereocenters. The lowest BCUT2D eigenvalue weighted by molar-refractivity contribution is -0.144. The van der Waals surface area contributed by atoms with E-state index in [1.54, 1.807) is 13.8 Å². The van der Waals surface area contributed by atoms with Crippen molar-refractivity contribution >= 4 is 15.8 Å². The Hall–Kier alpha value is -0.580. The first-order chi connectivity index (χ1) is 7.26. The predicted octanol–water partition coefficient (Wildman–Crippen LogP) is 1.70. The third-order valence-corrected chi connectivity index (χ3v) is 6.23. The van der Waals surface area contributed by atoms with Crippen LogP contribution in [0.1, 0.15) is 40.0 Å². The molecule has 0 aliphatic heterocycles. The van der Waals surface area contributed by atoms with Crippen molar-refractivity contribution in [1.29, 1.82) is 0 Å². The Morgan fingerprint density at radius 3 is 2.25 bits per heavy atom. The minimum absolute atomic E-state index is 0.0511. The van der Waals surface area contributed by atoms with Gasteiger partial charge >= 0.3 is 5.97 Å². The molecule has 0 spiro atoms. The Morgan fingerprint density at radius 1 is 1.31 bits per heavy atom. The first kappa shape index (κ1) is 13.5. The zero-order chi connectivity index (χ0) is 12.5. The molecule has 3 unspecified atom stereocenters. The second-order valence-corrected chi connectivity index (χ2v) is 7.78. The van der Waals surface area contributed by atoms with E-state index in [0.29, 0.717) is 19.3 Å². The molecule has 0 radical (unpaired) electrons. The fraction of sp³-hybridized carbons (Fsp3) is 0.909. The molecule has 1 N–H and O–H groups in total. The maximum atomic E-state index is 12.0. The van der Waals surface area contributed by atoms with E-state index in [9.17, 15) is 13.2 Å². The Morgan fingerprint density at radius 2 is 1.88 bits per heavy atom. The minimum atomic E-state index is -3.07. The van der Waals surface area contributed by atoms with Gasteiger partial charge in [-0.05, 0) is 39.0 Å². The first-order valence-corrected chi connectivity index (χ1v) is 7.33. The van der Waals surface area contributed by atoms with Crippen LogP contribution in [0.4, 0.5) is 0 Å². The summed E-state index contributed by atoms with van der Waals surface area (Å²) < 4.78 is 23.9. The van der Waals surface area contributed by atoms with Gasteiger partial charge in [0.1, 0.15) is 0 Å². The van der Waals surface area contributed by atoms with Gasteiger partial charge in [-0.1, -0.05) is 6.92 Å². The molecule has 0 saturated heterocycles. The quantitative estimate of drug-likeness (QED) is 0.825. The van der Waals surface area contributed by atoms with E-state index in [-0.39, 0.29) is 22.3 Å². The van der Waals surface area contributed by atoms with Gasteiger partial charge in [-0.2, -0.15) is 0 Å². The van der Waals surface area contributed by atoms with Gasteiger partial charge in [0.2, 0.25) is 0 Å². The van der Waals surface area contributed by atoms with Crippen molar-refractivity contribution in [3.05, 3.63) is 0 Å². The largest absolute Gasteiger partial charge is 0.481 e. The standard InChI is InChI=1S/C11H20O4S/c1-7(2)16(14,15)9-4-5-10(11(12)13)8(3)6-9/h7-10H,4-6H2,1-3H3,(H,12,13). The normalized spacial score (nSPS) is 31.6. The third-order valence-electron chi connectivity index (χ3n) is 3.56. The molecule has 1 aliphatic rings. The highest BCUT2D eigenvalue weighted by Gasteiger charge is 2.38. The molecule has 0 amide bonds. The monoisotopic (exact) mass is 248 g/mol. The average Bonchev–Trinajstić information content (AvgIpc) is 2.16. The zero-order valence-corrected chi connectivity index (χ0v) is 10.8. The summed E-state index contributed by atoms with van der Waals surface area (Å²) in [5.74, 6) is -1.23. The minimum Gasteiger partial charge on any atom is -0.481 e. The van der Waals surface area contributed by atoms with Crippen molar-refractivity contribution in [2.24, 2.45) is 11.8 Å². The van der Waals surface area contributed by atoms with Crippen LogP contribution < -0.4 is 0 Å². The summed E-state index contributed by atoms with van der Waals surface area (Å²) in [6.45, 7) is 5.20. The molecule has 1 saturated carbocycles. The van der Waals surface area contributed by atoms with Crippen LogP contribution in [0.15, 0.2) is 0 Å². The zero-order valence-electron chi connectivity index (χ0n) is 10.0. The van der Waals surface area contributed by atoms with E-state index in [0.717, 1.165) is 0 Å². The number of carboxylic acids is 1. The molecule has 1 rings (SSSR count). The summed E-state index contributed by atoms with van der Waals surface area (Å²) in [6, 6.07) is 0. The van der Waals surface area contributed by atoms with Crippen LogP contribution in [-0.4, -0.2) is 30.0 Å². The third kappa shape index (κ3) is 2.56. The van der Waals surface area contributed by atoms with Crippen molar-refractivity contribution in [2.75, 3.05) is 0 Å². The van der Waals surface area contributed by atoms with E-state index in [2.05, 4.69) is 0 Å². The van der Waals surface area contributed by atoms with Crippen LogP contribution in [0.3, 0.4) is 0 Å². The summed E-state index contributed by atoms with van der Waals surface area (Å²) >= 11 is 0. The smallest absolute Gasteiger partial charge is 0.306 e. The van der Waals surface area contributed by atoms with Gasteiger partial charge in [0.15, 0.2) is 9.84 Å². The number of rotatable bonds is 3. The lowest BCUT2D eigenvalue weighted by Gasteiger charge is -2.32. The molecular weight excluding hydrogens is 228 g/mol. The molecule has 0 heterocycles. The van der Waals surface area contributed by atoms with Gasteiger partial charge in [-0.25, -0.2) is 8.42 Å². The fourth-order valence-corrected chi connectivity index (χ4v) is 4.20. The molecule has 0 aromatic heterocycles. The number of aliphatic carboxylic acids is 1. The molecule has 0 aromatic carbocycles. The average molecular weight is 248 g/mol. The Balaban J connectivity index is 2.76. The maximum Gasteiger partial charge on any atom is 0.306 e. The van der Waals surface area contributed by atoms with Gasteiger partial charge < -0.3 is 5.11 Å². The molecule has 0 aromatic rings. The maximum absolute atomic E-state index is 12.0. The lowest BCUT2D eigenvalue weighted by atomic mass is 9.80. The van der Waals surface area contributed by atoms with E-state index in [1.165, 1.54) is 0 Å². The van der Waals surface area contributed by atoms with Gasteiger partial charge in [0.25, 0.3) is 0 Å². The molecule has 0 bridgehead atoms. The highest BCUT2D eigenvalue weighted by atomic mass is 32.2. The van der Waals surface area contributed by atoms with Crippen LogP contribution >= 0.6 is 0 Å². The molecule has 1 aliphatic carbocycles. The lowest BCUT2D eigenvalue weighted by Crippen LogP contribution is -2.38. The number of hydrogen-bond donors (Lipinski definition) is 1. The Kier molecular flexibility index (Phi) is 3.99. The van der Waals surface area contributed by atoms with Crippen molar-refractivity contribution < 1.29 is 18.3 Å². The Labute approximate surface area is 97.0 Å². The number of carboxylic acid groups (broad SMARTS) is 1. The number of hydrogen-bond acceptors (Lipinski definition) is 3. The van der Waals surface area contributed by atoms with Gasteiger partial charge in [-0.3, -0.25) is 4.79 Å². The second kappa shape index (κ2) is 4.73. The van der Waals surface area contributed by atoms with Crippen LogP contribution in [0.5, 0.6) is 0 Å². The first-order valence-electron chi connectivity index (χ1n) is 5.72. The summed E-state index contributed by atoms with van der Waals surface area (Å²) in [4.78, 5) is 10.9. The van der Waals surface area contributed by atoms with Crippen LogP contribution in [0.25, 0.3) is 0 Å². The van der Waals surface area contributed by atoms with Crippen molar-refractivity contribution in [1.82, 2.24) is 0 Å². The highest BCUT2D eigenvalue weighted by molar-refractivity contribution is 7.92. The van der Waals surface area contributed by atoms with Crippen LogP contribution in [-0.2, 0) is 14.6 Å². The molecule has 5 heteroatoms. The van der Waals surface area contributed by atoms with E-state index in [4.69, 9.17) is 5.11 Å². The summed E-state index contributed by atoms with van der Waals surface area (Å²) in [5.41, 5.74) is 0. The summed E-state index contributed by atoms with van der Waals surface area (Å²) in [7, 11) is -3.07. The number of carbonyl (C=O) groups is 1. The van der Waals surface area contributed by atoms with Gasteiger partial charge in [-0.15, -0.1) is 0 Å². The highest BCUT2D eigenvalue weighted by Crippen LogP contribution is 2.34. The van der Waals surface area contributed by atoms with Crippen molar-refractivity contribution in [3.8, 4) is 0 Å².